The third-order valence-electron chi connectivity index (χ3n) is 3.33. The average molecular weight is 346 g/mol. The molecule has 8 heteroatoms. The molecule has 1 heterocycles. The molecule has 8 nitrogen and oxygen atoms in total. The molecule has 0 bridgehead atoms. The van der Waals surface area contributed by atoms with Crippen molar-refractivity contribution >= 4 is 23.4 Å². The van der Waals surface area contributed by atoms with Gasteiger partial charge in [-0.3, -0.25) is 4.79 Å². The number of anilines is 2. The van der Waals surface area contributed by atoms with Crippen molar-refractivity contribution in [1.82, 2.24) is 10.1 Å². The fourth-order valence-corrected chi connectivity index (χ4v) is 2.14. The Bertz CT molecular complexity index is 700. The van der Waals surface area contributed by atoms with Crippen molar-refractivity contribution in [3.8, 4) is 5.75 Å². The number of aromatic nitrogens is 1. The van der Waals surface area contributed by atoms with Crippen LogP contribution in [0.1, 0.15) is 20.8 Å². The maximum atomic E-state index is 12.6. The first-order valence-electron chi connectivity index (χ1n) is 8.01. The van der Waals surface area contributed by atoms with Gasteiger partial charge in [-0.2, -0.15) is 0 Å². The summed E-state index contributed by atoms with van der Waals surface area (Å²) in [6, 6.07) is 8.10. The van der Waals surface area contributed by atoms with E-state index in [4.69, 9.17) is 4.74 Å². The molecule has 0 aliphatic carbocycles. The molecular weight excluding hydrogens is 324 g/mol. The van der Waals surface area contributed by atoms with E-state index in [9.17, 15) is 9.59 Å². The van der Waals surface area contributed by atoms with Crippen LogP contribution in [0, 0.1) is 0 Å². The largest absolute Gasteiger partial charge is 0.492 e. The molecule has 0 atom stereocenters. The molecule has 0 radical (unpaired) electrons. The summed E-state index contributed by atoms with van der Waals surface area (Å²) in [5.41, 5.74) is 0.553. The standard InChI is InChI=1S/C17H22N4O4/c1-4-24-14-8-6-5-7-13(14)18-17(23)21(12(2)3)11-16(22)19-15-9-10-25-20-15/h5-10,12H,4,11H2,1-3H3,(H,18,23)(H,19,20,22). The monoisotopic (exact) mass is 346 g/mol. The summed E-state index contributed by atoms with van der Waals surface area (Å²) in [7, 11) is 0. The molecule has 0 saturated heterocycles. The van der Waals surface area contributed by atoms with Crippen LogP contribution >= 0.6 is 0 Å². The van der Waals surface area contributed by atoms with Crippen LogP contribution in [0.2, 0.25) is 0 Å². The fourth-order valence-electron chi connectivity index (χ4n) is 2.14. The maximum absolute atomic E-state index is 12.6. The Hall–Kier alpha value is -3.03. The van der Waals surface area contributed by atoms with E-state index < -0.39 is 6.03 Å². The molecule has 3 amide bonds. The van der Waals surface area contributed by atoms with E-state index >= 15 is 0 Å². The maximum Gasteiger partial charge on any atom is 0.322 e. The summed E-state index contributed by atoms with van der Waals surface area (Å²) in [5, 5.41) is 8.97. The van der Waals surface area contributed by atoms with Gasteiger partial charge in [0.15, 0.2) is 5.82 Å². The van der Waals surface area contributed by atoms with Crippen LogP contribution in [0.3, 0.4) is 0 Å². The van der Waals surface area contributed by atoms with E-state index in [1.807, 2.05) is 26.8 Å². The van der Waals surface area contributed by atoms with Crippen molar-refractivity contribution in [1.29, 1.82) is 0 Å². The first-order chi connectivity index (χ1) is 12.0. The zero-order valence-electron chi connectivity index (χ0n) is 14.5. The molecule has 1 aromatic heterocycles. The van der Waals surface area contributed by atoms with Gasteiger partial charge in [-0.05, 0) is 32.9 Å². The van der Waals surface area contributed by atoms with Crippen LogP contribution in [0.5, 0.6) is 5.75 Å². The zero-order valence-corrected chi connectivity index (χ0v) is 14.5. The third kappa shape index (κ3) is 5.23. The second-order valence-electron chi connectivity index (χ2n) is 5.51. The number of benzene rings is 1. The van der Waals surface area contributed by atoms with Crippen LogP contribution in [0.4, 0.5) is 16.3 Å². The third-order valence-corrected chi connectivity index (χ3v) is 3.33. The van der Waals surface area contributed by atoms with Crippen LogP contribution in [-0.4, -0.2) is 41.2 Å². The highest BCUT2D eigenvalue weighted by Gasteiger charge is 2.21. The molecule has 2 rings (SSSR count). The van der Waals surface area contributed by atoms with Crippen molar-refractivity contribution in [3.05, 3.63) is 36.6 Å². The predicted octanol–water partition coefficient (Wildman–Crippen LogP) is 2.95. The molecule has 2 N–H and O–H groups in total. The number of nitrogens with zero attached hydrogens (tertiary/aromatic N) is 2. The quantitative estimate of drug-likeness (QED) is 0.803. The topological polar surface area (TPSA) is 96.7 Å². The lowest BCUT2D eigenvalue weighted by molar-refractivity contribution is -0.117. The van der Waals surface area contributed by atoms with E-state index in [1.165, 1.54) is 17.2 Å². The van der Waals surface area contributed by atoms with E-state index in [1.54, 1.807) is 18.2 Å². The highest BCUT2D eigenvalue weighted by Crippen LogP contribution is 2.24. The second kappa shape index (κ2) is 8.72. The second-order valence-corrected chi connectivity index (χ2v) is 5.51. The van der Waals surface area contributed by atoms with Crippen LogP contribution in [0.15, 0.2) is 41.1 Å². The molecule has 0 fully saturated rings. The minimum absolute atomic E-state index is 0.118. The SMILES string of the molecule is CCOc1ccccc1NC(=O)N(CC(=O)Nc1ccon1)C(C)C. The smallest absolute Gasteiger partial charge is 0.322 e. The molecule has 134 valence electrons. The number of nitrogens with one attached hydrogen (secondary N) is 2. The number of carbonyl (C=O) groups excluding carboxylic acids is 2. The molecule has 1 aromatic carbocycles. The van der Waals surface area contributed by atoms with Crippen LogP contribution in [-0.2, 0) is 4.79 Å². The summed E-state index contributed by atoms with van der Waals surface area (Å²) in [6.07, 6.45) is 1.35. The summed E-state index contributed by atoms with van der Waals surface area (Å²) in [6.45, 7) is 5.90. The molecule has 0 aliphatic heterocycles. The predicted molar refractivity (Wildman–Crippen MR) is 93.6 cm³/mol. The van der Waals surface area contributed by atoms with Crippen molar-refractivity contribution in [2.75, 3.05) is 23.8 Å². The molecule has 0 spiro atoms. The van der Waals surface area contributed by atoms with Gasteiger partial charge < -0.3 is 24.8 Å². The highest BCUT2D eigenvalue weighted by atomic mass is 16.5. The van der Waals surface area contributed by atoms with Gasteiger partial charge in [0.25, 0.3) is 0 Å². The van der Waals surface area contributed by atoms with Gasteiger partial charge in [-0.25, -0.2) is 4.79 Å². The zero-order chi connectivity index (χ0) is 18.2. The Morgan fingerprint density at radius 3 is 2.64 bits per heavy atom. The molecule has 0 aliphatic rings. The number of carbonyl (C=O) groups is 2. The number of ether oxygens (including phenoxy) is 1. The molecule has 0 unspecified atom stereocenters. The lowest BCUT2D eigenvalue weighted by Crippen LogP contribution is -2.44. The Morgan fingerprint density at radius 2 is 2.00 bits per heavy atom. The fraction of sp³-hybridized carbons (Fsp3) is 0.353. The number of hydrogen-bond donors (Lipinski definition) is 2. The molecular formula is C17H22N4O4. The number of urea groups is 1. The number of para-hydroxylation sites is 2. The van der Waals surface area contributed by atoms with Gasteiger partial charge in [-0.1, -0.05) is 17.3 Å². The first-order valence-corrected chi connectivity index (χ1v) is 8.01. The van der Waals surface area contributed by atoms with Gasteiger partial charge in [0, 0.05) is 12.1 Å². The molecule has 2 aromatic rings. The first kappa shape index (κ1) is 18.3. The van der Waals surface area contributed by atoms with E-state index in [2.05, 4.69) is 20.3 Å². The van der Waals surface area contributed by atoms with Gasteiger partial charge in [0.2, 0.25) is 5.91 Å². The van der Waals surface area contributed by atoms with Crippen LogP contribution in [0.25, 0.3) is 0 Å². The normalized spacial score (nSPS) is 10.4. The minimum atomic E-state index is -0.391. The summed E-state index contributed by atoms with van der Waals surface area (Å²) < 4.78 is 10.2. The Labute approximate surface area is 146 Å². The Kier molecular flexibility index (Phi) is 6.39. The number of rotatable bonds is 7. The van der Waals surface area contributed by atoms with Gasteiger partial charge >= 0.3 is 6.03 Å². The summed E-state index contributed by atoms with van der Waals surface area (Å²) in [5.74, 6) is 0.515. The van der Waals surface area contributed by atoms with Crippen molar-refractivity contribution in [2.45, 2.75) is 26.8 Å². The summed E-state index contributed by atoms with van der Waals surface area (Å²) >= 11 is 0. The Morgan fingerprint density at radius 1 is 1.24 bits per heavy atom. The van der Waals surface area contributed by atoms with E-state index in [-0.39, 0.29) is 18.5 Å². The number of amides is 3. The Balaban J connectivity index is 2.04. The van der Waals surface area contributed by atoms with Gasteiger partial charge in [-0.15, -0.1) is 0 Å². The summed E-state index contributed by atoms with van der Waals surface area (Å²) in [4.78, 5) is 26.1. The van der Waals surface area contributed by atoms with Crippen molar-refractivity contribution in [2.24, 2.45) is 0 Å². The van der Waals surface area contributed by atoms with E-state index in [0.717, 1.165) is 0 Å². The lowest BCUT2D eigenvalue weighted by atomic mass is 10.3. The van der Waals surface area contributed by atoms with Crippen molar-refractivity contribution in [3.63, 3.8) is 0 Å². The van der Waals surface area contributed by atoms with Gasteiger partial charge in [0.1, 0.15) is 18.6 Å². The van der Waals surface area contributed by atoms with Crippen molar-refractivity contribution < 1.29 is 18.8 Å². The molecule has 0 saturated carbocycles. The number of hydrogen-bond acceptors (Lipinski definition) is 5. The minimum Gasteiger partial charge on any atom is -0.492 e. The highest BCUT2D eigenvalue weighted by molar-refractivity contribution is 5.97. The van der Waals surface area contributed by atoms with E-state index in [0.29, 0.717) is 23.9 Å². The lowest BCUT2D eigenvalue weighted by Gasteiger charge is -2.26. The van der Waals surface area contributed by atoms with Gasteiger partial charge in [0.05, 0.1) is 12.3 Å². The molecule has 25 heavy (non-hydrogen) atoms. The average Bonchev–Trinajstić information content (AvgIpc) is 3.07. The van der Waals surface area contributed by atoms with Crippen LogP contribution < -0.4 is 15.4 Å².